The van der Waals surface area contributed by atoms with Gasteiger partial charge in [-0.2, -0.15) is 0 Å². The molecule has 4 amide bonds. The van der Waals surface area contributed by atoms with Gasteiger partial charge in [-0.25, -0.2) is 9.59 Å². The van der Waals surface area contributed by atoms with Crippen LogP contribution < -0.4 is 16.0 Å². The smallest absolute Gasteiger partial charge is 0.321 e. The van der Waals surface area contributed by atoms with Gasteiger partial charge in [0.05, 0.1) is 11.2 Å². The van der Waals surface area contributed by atoms with E-state index in [2.05, 4.69) is 25.8 Å². The number of pyridine rings is 1. The van der Waals surface area contributed by atoms with Gasteiger partial charge in [0.25, 0.3) is 0 Å². The maximum Gasteiger partial charge on any atom is 0.321 e. The standard InChI is InChI=1S/C25H30N6O2/c1-18-6-5-7-20(16-18)28-25(33)31-14-12-30(13-15-31)11-10-26-24(32)29-23-17-19(2)27-22-9-4-3-8-21(22)23/h3-9,16-17H,10-15H2,1-2H3,(H,28,33)(H2,26,27,29,32). The van der Waals surface area contributed by atoms with Gasteiger partial charge in [-0.15, -0.1) is 0 Å². The van der Waals surface area contributed by atoms with Crippen LogP contribution in [-0.2, 0) is 0 Å². The summed E-state index contributed by atoms with van der Waals surface area (Å²) in [5.74, 6) is 0. The lowest BCUT2D eigenvalue weighted by Crippen LogP contribution is -2.51. The van der Waals surface area contributed by atoms with Gasteiger partial charge in [-0.05, 0) is 43.7 Å². The van der Waals surface area contributed by atoms with Gasteiger partial charge in [0, 0.05) is 56.0 Å². The number of amides is 4. The van der Waals surface area contributed by atoms with Crippen LogP contribution in [0.1, 0.15) is 11.3 Å². The molecule has 8 nitrogen and oxygen atoms in total. The van der Waals surface area contributed by atoms with Crippen molar-refractivity contribution >= 4 is 34.3 Å². The molecule has 0 aliphatic carbocycles. The summed E-state index contributed by atoms with van der Waals surface area (Å²) in [6.45, 7) is 8.05. The molecule has 2 heterocycles. The zero-order chi connectivity index (χ0) is 23.2. The van der Waals surface area contributed by atoms with Crippen molar-refractivity contribution in [1.29, 1.82) is 0 Å². The monoisotopic (exact) mass is 446 g/mol. The zero-order valence-corrected chi connectivity index (χ0v) is 19.1. The van der Waals surface area contributed by atoms with Crippen LogP contribution in [0.2, 0.25) is 0 Å². The first-order chi connectivity index (χ1) is 16.0. The van der Waals surface area contributed by atoms with E-state index in [9.17, 15) is 9.59 Å². The van der Waals surface area contributed by atoms with Gasteiger partial charge in [-0.1, -0.05) is 30.3 Å². The van der Waals surface area contributed by atoms with Crippen LogP contribution in [0.25, 0.3) is 10.9 Å². The van der Waals surface area contributed by atoms with Crippen LogP contribution in [0.15, 0.2) is 54.6 Å². The normalized spacial score (nSPS) is 14.2. The predicted molar refractivity (Wildman–Crippen MR) is 132 cm³/mol. The highest BCUT2D eigenvalue weighted by atomic mass is 16.2. The molecule has 8 heteroatoms. The van der Waals surface area contributed by atoms with Crippen molar-refractivity contribution < 1.29 is 9.59 Å². The fourth-order valence-corrected chi connectivity index (χ4v) is 4.01. The Hall–Kier alpha value is -3.65. The lowest BCUT2D eigenvalue weighted by atomic mass is 10.1. The summed E-state index contributed by atoms with van der Waals surface area (Å²) in [4.78, 5) is 33.5. The number of benzene rings is 2. The van der Waals surface area contributed by atoms with Crippen molar-refractivity contribution in [1.82, 2.24) is 20.1 Å². The van der Waals surface area contributed by atoms with E-state index in [1.165, 1.54) is 0 Å². The lowest BCUT2D eigenvalue weighted by molar-refractivity contribution is 0.148. The SMILES string of the molecule is Cc1cccc(NC(=O)N2CCN(CCNC(=O)Nc3cc(C)nc4ccccc34)CC2)c1. The Morgan fingerprint density at radius 2 is 1.73 bits per heavy atom. The third-order valence-corrected chi connectivity index (χ3v) is 5.73. The maximum absolute atomic E-state index is 12.5. The highest BCUT2D eigenvalue weighted by Crippen LogP contribution is 2.22. The molecule has 4 rings (SSSR count). The third-order valence-electron chi connectivity index (χ3n) is 5.73. The number of nitrogens with one attached hydrogen (secondary N) is 3. The number of hydrogen-bond acceptors (Lipinski definition) is 4. The van der Waals surface area contributed by atoms with Crippen LogP contribution >= 0.6 is 0 Å². The van der Waals surface area contributed by atoms with Crippen molar-refractivity contribution in [3.8, 4) is 0 Å². The highest BCUT2D eigenvalue weighted by Gasteiger charge is 2.21. The van der Waals surface area contributed by atoms with Gasteiger partial charge in [0.2, 0.25) is 0 Å². The Labute approximate surface area is 194 Å². The fourth-order valence-electron chi connectivity index (χ4n) is 4.01. The maximum atomic E-state index is 12.5. The van der Waals surface area contributed by atoms with Crippen LogP contribution in [0.5, 0.6) is 0 Å². The zero-order valence-electron chi connectivity index (χ0n) is 19.1. The molecule has 0 spiro atoms. The number of fused-ring (bicyclic) bond motifs is 1. The van der Waals surface area contributed by atoms with Crippen molar-refractivity contribution in [2.24, 2.45) is 0 Å². The van der Waals surface area contributed by atoms with E-state index in [1.54, 1.807) is 0 Å². The second kappa shape index (κ2) is 10.3. The summed E-state index contributed by atoms with van der Waals surface area (Å²) in [5.41, 5.74) is 4.39. The van der Waals surface area contributed by atoms with Gasteiger partial charge in [0.15, 0.2) is 0 Å². The van der Waals surface area contributed by atoms with E-state index in [0.717, 1.165) is 53.2 Å². The first-order valence-electron chi connectivity index (χ1n) is 11.2. The number of carbonyl (C=O) groups excluding carboxylic acids is 2. The van der Waals surface area contributed by atoms with E-state index in [1.807, 2.05) is 73.3 Å². The minimum atomic E-state index is -0.234. The van der Waals surface area contributed by atoms with Gasteiger partial charge in [0.1, 0.15) is 0 Å². The van der Waals surface area contributed by atoms with Crippen molar-refractivity contribution in [3.05, 3.63) is 65.9 Å². The Morgan fingerprint density at radius 1 is 0.939 bits per heavy atom. The fraction of sp³-hybridized carbons (Fsp3) is 0.320. The number of aromatic nitrogens is 1. The molecular weight excluding hydrogens is 416 g/mol. The summed E-state index contributed by atoms with van der Waals surface area (Å²) in [6, 6.07) is 17.1. The third kappa shape index (κ3) is 5.98. The molecule has 3 N–H and O–H groups in total. The molecule has 172 valence electrons. The molecule has 0 unspecified atom stereocenters. The molecule has 0 atom stereocenters. The molecule has 1 saturated heterocycles. The van der Waals surface area contributed by atoms with Crippen LogP contribution in [0, 0.1) is 13.8 Å². The molecule has 0 radical (unpaired) electrons. The van der Waals surface area contributed by atoms with E-state index in [4.69, 9.17) is 0 Å². The van der Waals surface area contributed by atoms with E-state index < -0.39 is 0 Å². The summed E-state index contributed by atoms with van der Waals surface area (Å²) >= 11 is 0. The number of urea groups is 2. The quantitative estimate of drug-likeness (QED) is 0.556. The highest BCUT2D eigenvalue weighted by molar-refractivity contribution is 6.00. The Morgan fingerprint density at radius 3 is 2.52 bits per heavy atom. The Kier molecular flexibility index (Phi) is 7.04. The van der Waals surface area contributed by atoms with Gasteiger partial charge in [-0.3, -0.25) is 9.88 Å². The van der Waals surface area contributed by atoms with Crippen LogP contribution in [0.4, 0.5) is 21.0 Å². The lowest BCUT2D eigenvalue weighted by Gasteiger charge is -2.34. The molecule has 3 aromatic rings. The minimum Gasteiger partial charge on any atom is -0.337 e. The number of para-hydroxylation sites is 1. The topological polar surface area (TPSA) is 89.6 Å². The van der Waals surface area contributed by atoms with Crippen LogP contribution in [0.3, 0.4) is 0 Å². The van der Waals surface area contributed by atoms with Gasteiger partial charge >= 0.3 is 12.1 Å². The average Bonchev–Trinajstić information content (AvgIpc) is 2.79. The minimum absolute atomic E-state index is 0.0716. The van der Waals surface area contributed by atoms with E-state index in [0.29, 0.717) is 19.6 Å². The number of rotatable bonds is 5. The number of carbonyl (C=O) groups is 2. The average molecular weight is 447 g/mol. The Bertz CT molecular complexity index is 1140. The number of piperazine rings is 1. The van der Waals surface area contributed by atoms with E-state index in [-0.39, 0.29) is 12.1 Å². The predicted octanol–water partition coefficient (Wildman–Crippen LogP) is 3.82. The number of hydrogen-bond donors (Lipinski definition) is 3. The van der Waals surface area contributed by atoms with Gasteiger partial charge < -0.3 is 20.9 Å². The molecule has 1 fully saturated rings. The summed E-state index contributed by atoms with van der Waals surface area (Å²) in [5, 5.41) is 9.75. The molecule has 0 bridgehead atoms. The molecule has 0 saturated carbocycles. The molecule has 1 aromatic heterocycles. The van der Waals surface area contributed by atoms with E-state index >= 15 is 0 Å². The Balaban J connectivity index is 1.20. The second-order valence-electron chi connectivity index (χ2n) is 8.34. The van der Waals surface area contributed by atoms with Crippen molar-refractivity contribution in [3.63, 3.8) is 0 Å². The van der Waals surface area contributed by atoms with Crippen molar-refractivity contribution in [2.45, 2.75) is 13.8 Å². The first kappa shape index (κ1) is 22.5. The number of aryl methyl sites for hydroxylation is 2. The largest absolute Gasteiger partial charge is 0.337 e. The number of anilines is 2. The second-order valence-corrected chi connectivity index (χ2v) is 8.34. The molecule has 1 aliphatic rings. The first-order valence-corrected chi connectivity index (χ1v) is 11.2. The van der Waals surface area contributed by atoms with Crippen LogP contribution in [-0.4, -0.2) is 66.1 Å². The number of nitrogens with zero attached hydrogens (tertiary/aromatic N) is 3. The van der Waals surface area contributed by atoms with Crippen molar-refractivity contribution in [2.75, 3.05) is 49.9 Å². The summed E-state index contributed by atoms with van der Waals surface area (Å²) < 4.78 is 0. The molecule has 1 aliphatic heterocycles. The molecule has 2 aromatic carbocycles. The molecule has 33 heavy (non-hydrogen) atoms. The molecular formula is C25H30N6O2. The summed E-state index contributed by atoms with van der Waals surface area (Å²) in [7, 11) is 0. The summed E-state index contributed by atoms with van der Waals surface area (Å²) in [6.07, 6.45) is 0.